The number of carboxylic acid groups (broad SMARTS) is 1. The minimum absolute atomic E-state index is 0.0452. The molecule has 2 aromatic rings. The number of piperidine rings is 1. The topological polar surface area (TPSA) is 116 Å². The van der Waals surface area contributed by atoms with Crippen LogP contribution in [0, 0.1) is 5.92 Å². The zero-order valence-corrected chi connectivity index (χ0v) is 19.5. The quantitative estimate of drug-likeness (QED) is 0.608. The third kappa shape index (κ3) is 4.38. The highest BCUT2D eigenvalue weighted by atomic mass is 16.5. The van der Waals surface area contributed by atoms with Crippen molar-refractivity contribution in [3.63, 3.8) is 0 Å². The van der Waals surface area contributed by atoms with Crippen LogP contribution in [-0.4, -0.2) is 64.4 Å². The maximum absolute atomic E-state index is 13.2. The molecule has 1 unspecified atom stereocenters. The van der Waals surface area contributed by atoms with Crippen molar-refractivity contribution < 1.29 is 29.3 Å². The minimum Gasteiger partial charge on any atom is -0.479 e. The lowest BCUT2D eigenvalue weighted by molar-refractivity contribution is -0.167. The Kier molecular flexibility index (Phi) is 6.23. The number of hydrogen-bond donors (Lipinski definition) is 3. The zero-order chi connectivity index (χ0) is 24.6. The molecule has 2 fully saturated rings. The SMILES string of the molecule is O=C(N[C@H]1CCC[C@H]1C(=O)N1CCCC(O)(C(=O)O)C1)OCC1c2ccccc2-c2ccccc21. The fraction of sp³-hybridized carbons (Fsp3) is 0.444. The summed E-state index contributed by atoms with van der Waals surface area (Å²) >= 11 is 0. The van der Waals surface area contributed by atoms with Crippen LogP contribution in [0.15, 0.2) is 48.5 Å². The van der Waals surface area contributed by atoms with Gasteiger partial charge in [0.1, 0.15) is 6.61 Å². The largest absolute Gasteiger partial charge is 0.479 e. The third-order valence-corrected chi connectivity index (χ3v) is 7.66. The van der Waals surface area contributed by atoms with Crippen molar-refractivity contribution in [2.45, 2.75) is 49.7 Å². The predicted molar refractivity (Wildman–Crippen MR) is 128 cm³/mol. The molecule has 1 aliphatic heterocycles. The van der Waals surface area contributed by atoms with Crippen molar-refractivity contribution in [3.05, 3.63) is 59.7 Å². The summed E-state index contributed by atoms with van der Waals surface area (Å²) in [6, 6.07) is 15.9. The van der Waals surface area contributed by atoms with Crippen molar-refractivity contribution in [1.82, 2.24) is 10.2 Å². The number of nitrogens with zero attached hydrogens (tertiary/aromatic N) is 1. The van der Waals surface area contributed by atoms with E-state index >= 15 is 0 Å². The molecule has 184 valence electrons. The molecule has 3 N–H and O–H groups in total. The van der Waals surface area contributed by atoms with E-state index in [4.69, 9.17) is 4.74 Å². The number of alkyl carbamates (subject to hydrolysis) is 1. The van der Waals surface area contributed by atoms with Crippen LogP contribution in [0.1, 0.15) is 49.1 Å². The molecule has 8 nitrogen and oxygen atoms in total. The van der Waals surface area contributed by atoms with Gasteiger partial charge in [0, 0.05) is 18.5 Å². The van der Waals surface area contributed by atoms with Crippen molar-refractivity contribution in [1.29, 1.82) is 0 Å². The Morgan fingerprint density at radius 1 is 1.00 bits per heavy atom. The van der Waals surface area contributed by atoms with E-state index < -0.39 is 23.6 Å². The molecule has 0 bridgehead atoms. The maximum atomic E-state index is 13.2. The van der Waals surface area contributed by atoms with E-state index in [0.29, 0.717) is 25.8 Å². The smallest absolute Gasteiger partial charge is 0.407 e. The second-order valence-corrected chi connectivity index (χ2v) is 9.81. The van der Waals surface area contributed by atoms with Gasteiger partial charge in [0.2, 0.25) is 5.91 Å². The number of benzene rings is 2. The maximum Gasteiger partial charge on any atom is 0.407 e. The monoisotopic (exact) mass is 478 g/mol. The van der Waals surface area contributed by atoms with Crippen LogP contribution in [0.25, 0.3) is 11.1 Å². The molecule has 8 heteroatoms. The third-order valence-electron chi connectivity index (χ3n) is 7.66. The number of ether oxygens (including phenoxy) is 1. The average Bonchev–Trinajstić information content (AvgIpc) is 3.44. The van der Waals surface area contributed by atoms with E-state index in [0.717, 1.165) is 28.7 Å². The van der Waals surface area contributed by atoms with Gasteiger partial charge in [-0.2, -0.15) is 0 Å². The van der Waals surface area contributed by atoms with Crippen molar-refractivity contribution in [2.75, 3.05) is 19.7 Å². The summed E-state index contributed by atoms with van der Waals surface area (Å²) in [6.07, 6.45) is 2.02. The molecule has 2 amide bonds. The zero-order valence-electron chi connectivity index (χ0n) is 19.5. The lowest BCUT2D eigenvalue weighted by atomic mass is 9.91. The van der Waals surface area contributed by atoms with Gasteiger partial charge in [0.05, 0.1) is 12.5 Å². The summed E-state index contributed by atoms with van der Waals surface area (Å²) in [7, 11) is 0. The first-order chi connectivity index (χ1) is 16.9. The van der Waals surface area contributed by atoms with E-state index in [1.165, 1.54) is 4.90 Å². The number of carbonyl (C=O) groups is 3. The number of β-amino-alcohol motifs (C(OH)–C–C–N with tert-alkyl or cyclic N) is 1. The van der Waals surface area contributed by atoms with Crippen LogP contribution >= 0.6 is 0 Å². The molecular formula is C27H30N2O6. The Bertz CT molecular complexity index is 1100. The standard InChI is InChI=1S/C27H30N2O6/c30-24(29-14-6-13-27(34,16-29)25(31)32)21-11-5-12-23(21)28-26(33)35-15-22-19-9-3-1-7-17(19)18-8-2-4-10-20(18)22/h1-4,7-10,21-23,34H,5-6,11-16H2,(H,28,33)(H,31,32)/t21-,23+,27?/m1/s1. The molecule has 3 atom stereocenters. The highest BCUT2D eigenvalue weighted by molar-refractivity contribution is 5.84. The van der Waals surface area contributed by atoms with Gasteiger partial charge in [-0.25, -0.2) is 9.59 Å². The van der Waals surface area contributed by atoms with E-state index in [1.807, 2.05) is 24.3 Å². The van der Waals surface area contributed by atoms with Crippen LogP contribution in [0.3, 0.4) is 0 Å². The second-order valence-electron chi connectivity index (χ2n) is 9.81. The van der Waals surface area contributed by atoms with Crippen molar-refractivity contribution >= 4 is 18.0 Å². The lowest BCUT2D eigenvalue weighted by Crippen LogP contribution is -2.57. The fourth-order valence-electron chi connectivity index (χ4n) is 5.85. The first-order valence-electron chi connectivity index (χ1n) is 12.2. The van der Waals surface area contributed by atoms with Crippen molar-refractivity contribution in [2.24, 2.45) is 5.92 Å². The molecule has 5 rings (SSSR count). The summed E-state index contributed by atoms with van der Waals surface area (Å²) in [6.45, 7) is 0.376. The molecule has 0 radical (unpaired) electrons. The Hall–Kier alpha value is -3.39. The van der Waals surface area contributed by atoms with Gasteiger partial charge < -0.3 is 25.2 Å². The molecule has 35 heavy (non-hydrogen) atoms. The Morgan fingerprint density at radius 3 is 2.31 bits per heavy atom. The number of aliphatic hydroxyl groups is 1. The molecule has 1 saturated carbocycles. The van der Waals surface area contributed by atoms with Crippen molar-refractivity contribution in [3.8, 4) is 11.1 Å². The lowest BCUT2D eigenvalue weighted by Gasteiger charge is -2.38. The molecule has 1 heterocycles. The van der Waals surface area contributed by atoms with Crippen LogP contribution in [0.4, 0.5) is 4.79 Å². The number of carboxylic acids is 1. The molecule has 3 aliphatic rings. The molecule has 2 aromatic carbocycles. The highest BCUT2D eigenvalue weighted by Gasteiger charge is 2.45. The number of carbonyl (C=O) groups excluding carboxylic acids is 2. The number of likely N-dealkylation sites (tertiary alicyclic amines) is 1. The number of nitrogens with one attached hydrogen (secondary N) is 1. The molecule has 0 aromatic heterocycles. The van der Waals surface area contributed by atoms with Crippen LogP contribution in [0.2, 0.25) is 0 Å². The van der Waals surface area contributed by atoms with Gasteiger partial charge in [-0.1, -0.05) is 55.0 Å². The van der Waals surface area contributed by atoms with E-state index in [9.17, 15) is 24.6 Å². The van der Waals surface area contributed by atoms with Gasteiger partial charge >= 0.3 is 12.1 Å². The summed E-state index contributed by atoms with van der Waals surface area (Å²) in [5, 5.41) is 22.6. The number of hydrogen-bond acceptors (Lipinski definition) is 5. The first kappa shape index (κ1) is 23.4. The van der Waals surface area contributed by atoms with Gasteiger partial charge in [0.15, 0.2) is 5.60 Å². The van der Waals surface area contributed by atoms with Gasteiger partial charge in [-0.3, -0.25) is 4.79 Å². The molecule has 1 saturated heterocycles. The van der Waals surface area contributed by atoms with Crippen LogP contribution in [0.5, 0.6) is 0 Å². The summed E-state index contributed by atoms with van der Waals surface area (Å²) in [5.74, 6) is -2.02. The van der Waals surface area contributed by atoms with Crippen LogP contribution < -0.4 is 5.32 Å². The minimum atomic E-state index is -1.91. The number of fused-ring (bicyclic) bond motifs is 3. The van der Waals surface area contributed by atoms with E-state index in [1.54, 1.807) is 0 Å². The Balaban J connectivity index is 1.21. The number of aliphatic carboxylic acids is 1. The number of amides is 2. The fourth-order valence-corrected chi connectivity index (χ4v) is 5.85. The highest BCUT2D eigenvalue weighted by Crippen LogP contribution is 2.44. The Labute approximate surface area is 203 Å². The van der Waals surface area contributed by atoms with E-state index in [2.05, 4.69) is 29.6 Å². The van der Waals surface area contributed by atoms with E-state index in [-0.39, 0.29) is 37.4 Å². The summed E-state index contributed by atoms with van der Waals surface area (Å²) in [5.41, 5.74) is 2.66. The Morgan fingerprint density at radius 2 is 1.66 bits per heavy atom. The second kappa shape index (κ2) is 9.34. The normalized spacial score (nSPS) is 25.6. The van der Waals surface area contributed by atoms with Gasteiger partial charge in [-0.05, 0) is 47.9 Å². The molecule has 0 spiro atoms. The number of rotatable bonds is 5. The molecule has 2 aliphatic carbocycles. The summed E-state index contributed by atoms with van der Waals surface area (Å²) < 4.78 is 5.65. The average molecular weight is 479 g/mol. The first-order valence-corrected chi connectivity index (χ1v) is 12.2. The van der Waals surface area contributed by atoms with Crippen LogP contribution in [-0.2, 0) is 14.3 Å². The van der Waals surface area contributed by atoms with Gasteiger partial charge in [0.25, 0.3) is 0 Å². The predicted octanol–water partition coefficient (Wildman–Crippen LogP) is 3.13. The molecular weight excluding hydrogens is 448 g/mol. The summed E-state index contributed by atoms with van der Waals surface area (Å²) in [4.78, 5) is 38.8. The van der Waals surface area contributed by atoms with Gasteiger partial charge in [-0.15, -0.1) is 0 Å².